The molecule has 0 aliphatic carbocycles. The lowest BCUT2D eigenvalue weighted by Crippen LogP contribution is -2.13. The number of halogens is 1. The highest BCUT2D eigenvalue weighted by molar-refractivity contribution is 5.99. The molecule has 0 atom stereocenters. The van der Waals surface area contributed by atoms with E-state index < -0.39 is 0 Å². The minimum Gasteiger partial charge on any atom is -0.369 e. The van der Waals surface area contributed by atoms with Crippen LogP contribution in [0.4, 0.5) is 4.39 Å². The Hall–Kier alpha value is -2.00. The largest absolute Gasteiger partial charge is 0.369 e. The van der Waals surface area contributed by atoms with Crippen LogP contribution in [0.5, 0.6) is 0 Å². The molecule has 0 saturated heterocycles. The Bertz CT molecular complexity index is 639. The summed E-state index contributed by atoms with van der Waals surface area (Å²) in [5.74, 6) is -0.381. The lowest BCUT2D eigenvalue weighted by atomic mass is 9.97. The zero-order valence-corrected chi connectivity index (χ0v) is 12.6. The topological polar surface area (TPSA) is 26.3 Å². The summed E-state index contributed by atoms with van der Waals surface area (Å²) in [6, 6.07) is 10.4. The van der Waals surface area contributed by atoms with Crippen molar-refractivity contribution in [3.8, 4) is 0 Å². The maximum atomic E-state index is 13.4. The normalized spacial score (nSPS) is 10.7. The first kappa shape index (κ1) is 15.4. The van der Waals surface area contributed by atoms with Crippen LogP contribution in [-0.2, 0) is 11.3 Å². The van der Waals surface area contributed by atoms with Crippen LogP contribution in [0.3, 0.4) is 0 Å². The first-order chi connectivity index (χ1) is 9.99. The van der Waals surface area contributed by atoms with E-state index in [0.717, 1.165) is 16.7 Å². The highest BCUT2D eigenvalue weighted by Crippen LogP contribution is 2.17. The van der Waals surface area contributed by atoms with Crippen LogP contribution in [0.1, 0.15) is 32.6 Å². The van der Waals surface area contributed by atoms with Crippen molar-refractivity contribution in [1.29, 1.82) is 0 Å². The monoisotopic (exact) mass is 286 g/mol. The van der Waals surface area contributed by atoms with Gasteiger partial charge < -0.3 is 4.74 Å². The lowest BCUT2D eigenvalue weighted by molar-refractivity contribution is 0.0720. The third kappa shape index (κ3) is 3.76. The summed E-state index contributed by atoms with van der Waals surface area (Å²) < 4.78 is 18.8. The van der Waals surface area contributed by atoms with Crippen LogP contribution in [0, 0.1) is 26.6 Å². The summed E-state index contributed by atoms with van der Waals surface area (Å²) in [7, 11) is 0. The van der Waals surface area contributed by atoms with Crippen LogP contribution in [-0.4, -0.2) is 12.4 Å². The second-order valence-corrected chi connectivity index (χ2v) is 5.28. The molecule has 0 aromatic heterocycles. The number of ether oxygens (including phenoxy) is 1. The van der Waals surface area contributed by atoms with Gasteiger partial charge in [-0.2, -0.15) is 0 Å². The van der Waals surface area contributed by atoms with Gasteiger partial charge in [0.2, 0.25) is 0 Å². The molecule has 110 valence electrons. The minimum atomic E-state index is -0.312. The average molecular weight is 286 g/mol. The molecule has 0 unspecified atom stereocenters. The molecule has 0 saturated carbocycles. The molecular formula is C18H19FO2. The summed E-state index contributed by atoms with van der Waals surface area (Å²) >= 11 is 0. The van der Waals surface area contributed by atoms with E-state index >= 15 is 0 Å². The van der Waals surface area contributed by atoms with E-state index in [1.165, 1.54) is 6.07 Å². The molecule has 0 N–H and O–H groups in total. The zero-order chi connectivity index (χ0) is 15.4. The van der Waals surface area contributed by atoms with Crippen molar-refractivity contribution in [2.24, 2.45) is 0 Å². The predicted octanol–water partition coefficient (Wildman–Crippen LogP) is 4.15. The molecule has 0 bridgehead atoms. The average Bonchev–Trinajstić information content (AvgIpc) is 2.39. The number of benzene rings is 2. The Labute approximate surface area is 124 Å². The molecule has 2 nitrogen and oxygen atoms in total. The van der Waals surface area contributed by atoms with Gasteiger partial charge in [-0.05, 0) is 38.0 Å². The second kappa shape index (κ2) is 6.64. The quantitative estimate of drug-likeness (QED) is 0.772. The van der Waals surface area contributed by atoms with Crippen molar-refractivity contribution in [2.45, 2.75) is 27.4 Å². The van der Waals surface area contributed by atoms with Crippen molar-refractivity contribution in [1.82, 2.24) is 0 Å². The van der Waals surface area contributed by atoms with Gasteiger partial charge >= 0.3 is 0 Å². The smallest absolute Gasteiger partial charge is 0.189 e. The third-order valence-electron chi connectivity index (χ3n) is 3.40. The van der Waals surface area contributed by atoms with Gasteiger partial charge in [-0.1, -0.05) is 35.9 Å². The SMILES string of the molecule is Cc1cc(C)c(C(=O)COCc2ccccc2F)c(C)c1. The van der Waals surface area contributed by atoms with Crippen LogP contribution in [0.2, 0.25) is 0 Å². The van der Waals surface area contributed by atoms with Gasteiger partial charge in [-0.25, -0.2) is 4.39 Å². The molecular weight excluding hydrogens is 267 g/mol. The molecule has 0 fully saturated rings. The molecule has 0 aliphatic heterocycles. The fourth-order valence-corrected chi connectivity index (χ4v) is 2.56. The summed E-state index contributed by atoms with van der Waals surface area (Å²) in [6.07, 6.45) is 0. The molecule has 0 spiro atoms. The van der Waals surface area contributed by atoms with E-state index in [0.29, 0.717) is 11.1 Å². The maximum Gasteiger partial charge on any atom is 0.189 e. The van der Waals surface area contributed by atoms with Gasteiger partial charge in [-0.15, -0.1) is 0 Å². The van der Waals surface area contributed by atoms with Crippen molar-refractivity contribution in [3.63, 3.8) is 0 Å². The Morgan fingerprint density at radius 3 is 2.33 bits per heavy atom. The van der Waals surface area contributed by atoms with Gasteiger partial charge in [0, 0.05) is 11.1 Å². The molecule has 3 heteroatoms. The molecule has 21 heavy (non-hydrogen) atoms. The number of carbonyl (C=O) groups is 1. The van der Waals surface area contributed by atoms with Crippen molar-refractivity contribution in [2.75, 3.05) is 6.61 Å². The fourth-order valence-electron chi connectivity index (χ4n) is 2.56. The number of hydrogen-bond acceptors (Lipinski definition) is 2. The highest BCUT2D eigenvalue weighted by Gasteiger charge is 2.13. The summed E-state index contributed by atoms with van der Waals surface area (Å²) in [5, 5.41) is 0. The number of aryl methyl sites for hydroxylation is 3. The van der Waals surface area contributed by atoms with Crippen LogP contribution >= 0.6 is 0 Å². The van der Waals surface area contributed by atoms with E-state index in [9.17, 15) is 9.18 Å². The van der Waals surface area contributed by atoms with Crippen molar-refractivity contribution in [3.05, 3.63) is 70.0 Å². The van der Waals surface area contributed by atoms with Gasteiger partial charge in [-0.3, -0.25) is 4.79 Å². The Kier molecular flexibility index (Phi) is 4.86. The highest BCUT2D eigenvalue weighted by atomic mass is 19.1. The number of ketones is 1. The zero-order valence-electron chi connectivity index (χ0n) is 12.6. The minimum absolute atomic E-state index is 0.0426. The Morgan fingerprint density at radius 2 is 1.71 bits per heavy atom. The first-order valence-corrected chi connectivity index (χ1v) is 6.91. The number of carbonyl (C=O) groups excluding carboxylic acids is 1. The van der Waals surface area contributed by atoms with E-state index in [4.69, 9.17) is 4.74 Å². The summed E-state index contributed by atoms with van der Waals surface area (Å²) in [4.78, 5) is 12.3. The Morgan fingerprint density at radius 1 is 1.10 bits per heavy atom. The molecule has 0 aliphatic rings. The van der Waals surface area contributed by atoms with Gasteiger partial charge in [0.15, 0.2) is 5.78 Å². The van der Waals surface area contributed by atoms with E-state index in [-0.39, 0.29) is 24.8 Å². The maximum absolute atomic E-state index is 13.4. The van der Waals surface area contributed by atoms with Crippen LogP contribution < -0.4 is 0 Å². The second-order valence-electron chi connectivity index (χ2n) is 5.28. The van der Waals surface area contributed by atoms with E-state index in [1.807, 2.05) is 32.9 Å². The van der Waals surface area contributed by atoms with Crippen LogP contribution in [0.15, 0.2) is 36.4 Å². The van der Waals surface area contributed by atoms with Gasteiger partial charge in [0.05, 0.1) is 6.61 Å². The fraction of sp³-hybridized carbons (Fsp3) is 0.278. The summed E-state index contributed by atoms with van der Waals surface area (Å²) in [5.41, 5.74) is 4.20. The Balaban J connectivity index is 2.01. The number of rotatable bonds is 5. The molecule has 2 rings (SSSR count). The molecule has 0 amide bonds. The van der Waals surface area contributed by atoms with Crippen molar-refractivity contribution < 1.29 is 13.9 Å². The molecule has 0 heterocycles. The number of hydrogen-bond donors (Lipinski definition) is 0. The molecule has 2 aromatic rings. The van der Waals surface area contributed by atoms with E-state index in [1.54, 1.807) is 18.2 Å². The standard InChI is InChI=1S/C18H19FO2/c1-12-8-13(2)18(14(3)9-12)17(20)11-21-10-15-6-4-5-7-16(15)19/h4-9H,10-11H2,1-3H3. The molecule has 0 radical (unpaired) electrons. The lowest BCUT2D eigenvalue weighted by Gasteiger charge is -2.11. The van der Waals surface area contributed by atoms with Crippen molar-refractivity contribution >= 4 is 5.78 Å². The first-order valence-electron chi connectivity index (χ1n) is 6.91. The molecule has 2 aromatic carbocycles. The predicted molar refractivity (Wildman–Crippen MR) is 81.0 cm³/mol. The van der Waals surface area contributed by atoms with Crippen LogP contribution in [0.25, 0.3) is 0 Å². The third-order valence-corrected chi connectivity index (χ3v) is 3.40. The van der Waals surface area contributed by atoms with Gasteiger partial charge in [0.25, 0.3) is 0 Å². The number of Topliss-reactive ketones (excluding diaryl/α,β-unsaturated/α-hetero) is 1. The van der Waals surface area contributed by atoms with Gasteiger partial charge in [0.1, 0.15) is 12.4 Å². The van der Waals surface area contributed by atoms with E-state index in [2.05, 4.69) is 0 Å². The summed E-state index contributed by atoms with van der Waals surface area (Å²) in [6.45, 7) is 5.90.